The lowest BCUT2D eigenvalue weighted by atomic mass is 10.1. The SMILES string of the molecule is Cc1ccc(Cn2nc(C)c(CCC(=O)N[C@@H](C)CN)c2C)cc1. The van der Waals surface area contributed by atoms with Crippen LogP contribution in [0.5, 0.6) is 0 Å². The molecule has 0 spiro atoms. The normalized spacial score (nSPS) is 12.2. The number of hydrogen-bond acceptors (Lipinski definition) is 3. The van der Waals surface area contributed by atoms with Crippen molar-refractivity contribution in [3.63, 3.8) is 0 Å². The van der Waals surface area contributed by atoms with Gasteiger partial charge < -0.3 is 11.1 Å². The largest absolute Gasteiger partial charge is 0.352 e. The molecule has 0 bridgehead atoms. The van der Waals surface area contributed by atoms with E-state index in [-0.39, 0.29) is 11.9 Å². The summed E-state index contributed by atoms with van der Waals surface area (Å²) in [6.07, 6.45) is 1.16. The number of carbonyl (C=O) groups excluding carboxylic acids is 1. The number of aryl methyl sites for hydroxylation is 2. The summed E-state index contributed by atoms with van der Waals surface area (Å²) in [6, 6.07) is 8.51. The summed E-state index contributed by atoms with van der Waals surface area (Å²) in [7, 11) is 0. The van der Waals surface area contributed by atoms with Crippen LogP contribution in [0, 0.1) is 20.8 Å². The van der Waals surface area contributed by atoms with E-state index in [4.69, 9.17) is 5.73 Å². The summed E-state index contributed by atoms with van der Waals surface area (Å²) in [5.74, 6) is 0.0398. The molecule has 5 nitrogen and oxygen atoms in total. The molecule has 0 saturated carbocycles. The Morgan fingerprint density at radius 1 is 1.25 bits per heavy atom. The van der Waals surface area contributed by atoms with Gasteiger partial charge in [-0.2, -0.15) is 5.10 Å². The first kappa shape index (κ1) is 18.2. The van der Waals surface area contributed by atoms with Crippen molar-refractivity contribution in [1.29, 1.82) is 0 Å². The minimum atomic E-state index is 0.0176. The molecule has 5 heteroatoms. The van der Waals surface area contributed by atoms with Gasteiger partial charge in [0.15, 0.2) is 0 Å². The first-order valence-corrected chi connectivity index (χ1v) is 8.48. The summed E-state index contributed by atoms with van der Waals surface area (Å²) in [5.41, 5.74) is 11.3. The number of carbonyl (C=O) groups is 1. The van der Waals surface area contributed by atoms with Crippen molar-refractivity contribution in [3.8, 4) is 0 Å². The lowest BCUT2D eigenvalue weighted by molar-refractivity contribution is -0.121. The van der Waals surface area contributed by atoms with E-state index in [2.05, 4.69) is 48.5 Å². The third kappa shape index (κ3) is 4.68. The highest BCUT2D eigenvalue weighted by Gasteiger charge is 2.14. The van der Waals surface area contributed by atoms with E-state index in [1.807, 2.05) is 18.5 Å². The van der Waals surface area contributed by atoms with E-state index in [0.717, 1.165) is 23.5 Å². The van der Waals surface area contributed by atoms with Gasteiger partial charge in [0.1, 0.15) is 0 Å². The maximum atomic E-state index is 11.9. The summed E-state index contributed by atoms with van der Waals surface area (Å²) in [4.78, 5) is 11.9. The summed E-state index contributed by atoms with van der Waals surface area (Å²) in [5, 5.41) is 7.55. The Hall–Kier alpha value is -2.14. The van der Waals surface area contributed by atoms with Gasteiger partial charge in [-0.3, -0.25) is 9.48 Å². The third-order valence-electron chi connectivity index (χ3n) is 4.35. The van der Waals surface area contributed by atoms with E-state index in [1.54, 1.807) is 0 Å². The molecule has 2 aromatic rings. The molecule has 0 fully saturated rings. The van der Waals surface area contributed by atoms with Crippen LogP contribution in [-0.4, -0.2) is 28.3 Å². The van der Waals surface area contributed by atoms with Crippen molar-refractivity contribution in [2.24, 2.45) is 5.73 Å². The molecule has 0 radical (unpaired) electrons. The number of rotatable bonds is 7. The second-order valence-corrected chi connectivity index (χ2v) is 6.50. The number of amides is 1. The second-order valence-electron chi connectivity index (χ2n) is 6.50. The van der Waals surface area contributed by atoms with Crippen LogP contribution < -0.4 is 11.1 Å². The second kappa shape index (κ2) is 8.11. The lowest BCUT2D eigenvalue weighted by Gasteiger charge is -2.11. The Morgan fingerprint density at radius 2 is 1.92 bits per heavy atom. The minimum Gasteiger partial charge on any atom is -0.352 e. The molecule has 1 atom stereocenters. The van der Waals surface area contributed by atoms with Crippen molar-refractivity contribution < 1.29 is 4.79 Å². The Balaban J connectivity index is 2.03. The molecular weight excluding hydrogens is 300 g/mol. The highest BCUT2D eigenvalue weighted by atomic mass is 16.1. The number of nitrogens with two attached hydrogens (primary N) is 1. The maximum Gasteiger partial charge on any atom is 0.220 e. The van der Waals surface area contributed by atoms with E-state index < -0.39 is 0 Å². The standard InChI is InChI=1S/C19H28N4O/c1-13-5-7-17(8-6-13)12-23-16(4)18(15(3)22-23)9-10-19(24)21-14(2)11-20/h5-8,14H,9-12,20H2,1-4H3,(H,21,24)/t14-/m0/s1. The first-order valence-electron chi connectivity index (χ1n) is 8.48. The molecule has 130 valence electrons. The summed E-state index contributed by atoms with van der Waals surface area (Å²) < 4.78 is 2.02. The smallest absolute Gasteiger partial charge is 0.220 e. The van der Waals surface area contributed by atoms with Gasteiger partial charge in [0.2, 0.25) is 5.91 Å². The molecule has 3 N–H and O–H groups in total. The summed E-state index contributed by atoms with van der Waals surface area (Å²) in [6.45, 7) is 9.29. The predicted molar refractivity (Wildman–Crippen MR) is 97.0 cm³/mol. The monoisotopic (exact) mass is 328 g/mol. The van der Waals surface area contributed by atoms with E-state index in [1.165, 1.54) is 11.1 Å². The number of aromatic nitrogens is 2. The van der Waals surface area contributed by atoms with Crippen LogP contribution in [0.15, 0.2) is 24.3 Å². The fraction of sp³-hybridized carbons (Fsp3) is 0.474. The molecule has 0 aliphatic carbocycles. The van der Waals surface area contributed by atoms with Gasteiger partial charge in [-0.1, -0.05) is 29.8 Å². The molecule has 0 aliphatic rings. The topological polar surface area (TPSA) is 72.9 Å². The zero-order valence-electron chi connectivity index (χ0n) is 15.1. The van der Waals surface area contributed by atoms with E-state index >= 15 is 0 Å². The van der Waals surface area contributed by atoms with Crippen molar-refractivity contribution in [1.82, 2.24) is 15.1 Å². The summed E-state index contributed by atoms with van der Waals surface area (Å²) >= 11 is 0. The van der Waals surface area contributed by atoms with Crippen LogP contribution in [-0.2, 0) is 17.8 Å². The quantitative estimate of drug-likeness (QED) is 0.819. The van der Waals surface area contributed by atoms with Crippen LogP contribution in [0.2, 0.25) is 0 Å². The molecule has 2 rings (SSSR count). The molecule has 24 heavy (non-hydrogen) atoms. The van der Waals surface area contributed by atoms with Gasteiger partial charge in [0.05, 0.1) is 12.2 Å². The Kier molecular flexibility index (Phi) is 6.15. The molecule has 1 heterocycles. The van der Waals surface area contributed by atoms with Crippen molar-refractivity contribution >= 4 is 5.91 Å². The third-order valence-corrected chi connectivity index (χ3v) is 4.35. The molecule has 0 unspecified atom stereocenters. The van der Waals surface area contributed by atoms with Crippen molar-refractivity contribution in [3.05, 3.63) is 52.3 Å². The van der Waals surface area contributed by atoms with Crippen molar-refractivity contribution in [2.75, 3.05) is 6.54 Å². The number of hydrogen-bond donors (Lipinski definition) is 2. The van der Waals surface area contributed by atoms with Crippen LogP contribution in [0.3, 0.4) is 0 Å². The maximum absolute atomic E-state index is 11.9. The van der Waals surface area contributed by atoms with E-state index in [0.29, 0.717) is 19.4 Å². The first-order chi connectivity index (χ1) is 11.4. The van der Waals surface area contributed by atoms with Gasteiger partial charge in [-0.25, -0.2) is 0 Å². The minimum absolute atomic E-state index is 0.0176. The van der Waals surface area contributed by atoms with Gasteiger partial charge in [-0.15, -0.1) is 0 Å². The average molecular weight is 328 g/mol. The zero-order chi connectivity index (χ0) is 17.7. The number of nitrogens with zero attached hydrogens (tertiary/aromatic N) is 2. The van der Waals surface area contributed by atoms with Crippen LogP contribution in [0.1, 0.15) is 41.4 Å². The Morgan fingerprint density at radius 3 is 2.54 bits per heavy atom. The molecule has 1 amide bonds. The van der Waals surface area contributed by atoms with Gasteiger partial charge in [-0.05, 0) is 45.2 Å². The predicted octanol–water partition coefficient (Wildman–Crippen LogP) is 2.25. The highest BCUT2D eigenvalue weighted by molar-refractivity contribution is 5.76. The molecule has 0 aliphatic heterocycles. The molecule has 1 aromatic heterocycles. The fourth-order valence-electron chi connectivity index (χ4n) is 2.76. The van der Waals surface area contributed by atoms with Crippen LogP contribution in [0.4, 0.5) is 0 Å². The average Bonchev–Trinajstić information content (AvgIpc) is 2.81. The number of nitrogens with one attached hydrogen (secondary N) is 1. The zero-order valence-corrected chi connectivity index (χ0v) is 15.1. The van der Waals surface area contributed by atoms with Crippen LogP contribution >= 0.6 is 0 Å². The number of benzene rings is 1. The molecule has 1 aromatic carbocycles. The Labute approximate surface area is 144 Å². The van der Waals surface area contributed by atoms with Gasteiger partial charge >= 0.3 is 0 Å². The molecular formula is C19H28N4O. The fourth-order valence-corrected chi connectivity index (χ4v) is 2.76. The lowest BCUT2D eigenvalue weighted by Crippen LogP contribution is -2.37. The molecule has 0 saturated heterocycles. The van der Waals surface area contributed by atoms with Crippen molar-refractivity contribution in [2.45, 2.75) is 53.1 Å². The van der Waals surface area contributed by atoms with E-state index in [9.17, 15) is 4.79 Å². The van der Waals surface area contributed by atoms with Gasteiger partial charge in [0.25, 0.3) is 0 Å². The van der Waals surface area contributed by atoms with Crippen LogP contribution in [0.25, 0.3) is 0 Å². The highest BCUT2D eigenvalue weighted by Crippen LogP contribution is 2.17. The van der Waals surface area contributed by atoms with Gasteiger partial charge in [0, 0.05) is 24.7 Å². The Bertz CT molecular complexity index is 688.